The van der Waals surface area contributed by atoms with Crippen LogP contribution in [0.4, 0.5) is 11.4 Å². The topological polar surface area (TPSA) is 135 Å². The zero-order valence-electron chi connectivity index (χ0n) is 26.6. The molecule has 1 saturated heterocycles. The first-order chi connectivity index (χ1) is 21.5. The van der Waals surface area contributed by atoms with E-state index < -0.39 is 11.3 Å². The lowest BCUT2D eigenvalue weighted by atomic mass is 9.69. The Morgan fingerprint density at radius 2 is 1.73 bits per heavy atom. The largest absolute Gasteiger partial charge is 0.381 e. The van der Waals surface area contributed by atoms with E-state index >= 15 is 0 Å². The van der Waals surface area contributed by atoms with E-state index in [-0.39, 0.29) is 23.3 Å². The number of aromatic amines is 1. The van der Waals surface area contributed by atoms with Gasteiger partial charge in [-0.25, -0.2) is 0 Å². The van der Waals surface area contributed by atoms with Gasteiger partial charge in [0.2, 0.25) is 11.8 Å². The molecule has 9 nitrogen and oxygen atoms in total. The van der Waals surface area contributed by atoms with Gasteiger partial charge in [-0.05, 0) is 105 Å². The van der Waals surface area contributed by atoms with Crippen molar-refractivity contribution in [2.75, 3.05) is 30.0 Å². The standard InChI is InChI=1S/C36H42N4O5/c1-5-40(24-10-14-45-15-11-24)32-22(4)27(33(37)42)19-28(29(32)18-26-20(2)16-21(3)38-34(26)43)23-6-7-30-31(17-23)39-35(44)36(30)12-8-25(41)9-13-36/h6-7,16-17,19,24H,5,8-15,18H2,1-4H3,(H2,37,42)(H,38,43)(H,39,44). The Labute approximate surface area is 263 Å². The quantitative estimate of drug-likeness (QED) is 0.345. The van der Waals surface area contributed by atoms with E-state index in [0.29, 0.717) is 63.0 Å². The lowest BCUT2D eigenvalue weighted by Gasteiger charge is -2.38. The Morgan fingerprint density at radius 1 is 1.02 bits per heavy atom. The summed E-state index contributed by atoms with van der Waals surface area (Å²) in [5.41, 5.74) is 13.9. The van der Waals surface area contributed by atoms with Gasteiger partial charge >= 0.3 is 0 Å². The van der Waals surface area contributed by atoms with Crippen LogP contribution in [0.15, 0.2) is 35.1 Å². The van der Waals surface area contributed by atoms with E-state index in [1.54, 1.807) is 0 Å². The highest BCUT2D eigenvalue weighted by molar-refractivity contribution is 6.08. The summed E-state index contributed by atoms with van der Waals surface area (Å²) in [6.45, 7) is 9.89. The second-order valence-corrected chi connectivity index (χ2v) is 12.9. The molecular weight excluding hydrogens is 568 g/mol. The number of nitrogens with one attached hydrogen (secondary N) is 2. The van der Waals surface area contributed by atoms with Crippen LogP contribution in [-0.2, 0) is 26.2 Å². The number of anilines is 2. The molecule has 9 heteroatoms. The van der Waals surface area contributed by atoms with Crippen LogP contribution in [0.1, 0.15) is 89.3 Å². The second-order valence-electron chi connectivity index (χ2n) is 12.9. The number of aryl methyl sites for hydroxylation is 2. The summed E-state index contributed by atoms with van der Waals surface area (Å²) in [7, 11) is 0. The van der Waals surface area contributed by atoms with Gasteiger partial charge in [0.05, 0.1) is 5.41 Å². The molecule has 3 aliphatic rings. The first-order valence-corrected chi connectivity index (χ1v) is 16.0. The smallest absolute Gasteiger partial charge is 0.251 e. The zero-order valence-corrected chi connectivity index (χ0v) is 26.6. The summed E-state index contributed by atoms with van der Waals surface area (Å²) in [6.07, 6.45) is 3.84. The number of amides is 2. The molecule has 0 radical (unpaired) electrons. The second kappa shape index (κ2) is 11.9. The number of Topliss-reactive ketones (excluding diaryl/α,β-unsaturated/α-hetero) is 1. The number of rotatable bonds is 7. The average Bonchev–Trinajstić information content (AvgIpc) is 3.27. The van der Waals surface area contributed by atoms with E-state index in [1.807, 2.05) is 51.1 Å². The lowest BCUT2D eigenvalue weighted by molar-refractivity contribution is -0.126. The van der Waals surface area contributed by atoms with Gasteiger partial charge in [0.1, 0.15) is 5.78 Å². The minimum absolute atomic E-state index is 0.0664. The van der Waals surface area contributed by atoms with Gasteiger partial charge in [0, 0.05) is 73.3 Å². The third-order valence-corrected chi connectivity index (χ3v) is 10.2. The van der Waals surface area contributed by atoms with Crippen LogP contribution in [-0.4, -0.2) is 48.4 Å². The highest BCUT2D eigenvalue weighted by Crippen LogP contribution is 2.49. The summed E-state index contributed by atoms with van der Waals surface area (Å²) in [5.74, 6) is -0.391. The SMILES string of the molecule is CCN(c1c(C)c(C(N)=O)cc(-c2ccc3c(c2)NC(=O)C32CCC(=O)CC2)c1Cc1c(C)cc(C)[nH]c1=O)C1CCOCC1. The number of ether oxygens (including phenoxy) is 1. The molecule has 6 rings (SSSR count). The fourth-order valence-electron chi connectivity index (χ4n) is 7.82. The molecule has 2 aromatic carbocycles. The normalized spacial score (nSPS) is 17.8. The number of ketones is 1. The van der Waals surface area contributed by atoms with Gasteiger partial charge in [-0.15, -0.1) is 0 Å². The van der Waals surface area contributed by atoms with Crippen LogP contribution < -0.4 is 21.5 Å². The van der Waals surface area contributed by atoms with E-state index in [1.165, 1.54) is 0 Å². The maximum absolute atomic E-state index is 13.4. The van der Waals surface area contributed by atoms with E-state index in [4.69, 9.17) is 10.5 Å². The summed E-state index contributed by atoms with van der Waals surface area (Å²) in [6, 6.07) is 9.99. The molecule has 3 heterocycles. The van der Waals surface area contributed by atoms with Crippen LogP contribution >= 0.6 is 0 Å². The van der Waals surface area contributed by atoms with Crippen LogP contribution in [0.3, 0.4) is 0 Å². The number of nitrogens with zero attached hydrogens (tertiary/aromatic N) is 1. The highest BCUT2D eigenvalue weighted by atomic mass is 16.5. The Kier molecular flexibility index (Phi) is 8.16. The number of fused-ring (bicyclic) bond motifs is 2. The van der Waals surface area contributed by atoms with Crippen molar-refractivity contribution in [3.8, 4) is 11.1 Å². The summed E-state index contributed by atoms with van der Waals surface area (Å²) in [5, 5.41) is 3.10. The fourth-order valence-corrected chi connectivity index (χ4v) is 7.82. The Hall–Kier alpha value is -4.24. The molecule has 1 spiro atoms. The van der Waals surface area contributed by atoms with E-state index in [0.717, 1.165) is 63.3 Å². The van der Waals surface area contributed by atoms with Crippen molar-refractivity contribution < 1.29 is 19.1 Å². The minimum Gasteiger partial charge on any atom is -0.381 e. The average molecular weight is 611 g/mol. The Morgan fingerprint density at radius 3 is 2.38 bits per heavy atom. The minimum atomic E-state index is -0.699. The number of aromatic nitrogens is 1. The fraction of sp³-hybridized carbons (Fsp3) is 0.444. The number of H-pyrrole nitrogens is 1. The summed E-state index contributed by atoms with van der Waals surface area (Å²) >= 11 is 0. The van der Waals surface area contributed by atoms with Gasteiger partial charge in [0.25, 0.3) is 5.56 Å². The third-order valence-electron chi connectivity index (χ3n) is 10.2. The van der Waals surface area contributed by atoms with Crippen molar-refractivity contribution in [2.45, 2.75) is 84.1 Å². The molecule has 0 bridgehead atoms. The number of nitrogens with two attached hydrogens (primary N) is 1. The number of benzene rings is 2. The lowest BCUT2D eigenvalue weighted by Crippen LogP contribution is -2.41. The number of hydrogen-bond acceptors (Lipinski definition) is 6. The maximum atomic E-state index is 13.4. The molecule has 45 heavy (non-hydrogen) atoms. The van der Waals surface area contributed by atoms with E-state index in [9.17, 15) is 19.2 Å². The highest BCUT2D eigenvalue weighted by Gasteiger charge is 2.48. The predicted molar refractivity (Wildman–Crippen MR) is 175 cm³/mol. The third kappa shape index (κ3) is 5.37. The zero-order chi connectivity index (χ0) is 32.0. The van der Waals surface area contributed by atoms with Crippen molar-refractivity contribution in [3.05, 3.63) is 79.8 Å². The van der Waals surface area contributed by atoms with Crippen molar-refractivity contribution in [2.24, 2.45) is 5.73 Å². The van der Waals surface area contributed by atoms with Crippen LogP contribution in [0.25, 0.3) is 11.1 Å². The number of hydrogen-bond donors (Lipinski definition) is 3. The molecule has 0 atom stereocenters. The number of pyridine rings is 1. The first-order valence-electron chi connectivity index (χ1n) is 16.0. The molecule has 236 valence electrons. The molecule has 0 unspecified atom stereocenters. The van der Waals surface area contributed by atoms with Crippen LogP contribution in [0, 0.1) is 20.8 Å². The molecule has 2 fully saturated rings. The van der Waals surface area contributed by atoms with Gasteiger partial charge in [-0.1, -0.05) is 12.1 Å². The molecule has 1 aliphatic carbocycles. The predicted octanol–water partition coefficient (Wildman–Crippen LogP) is 5.00. The molecule has 2 aliphatic heterocycles. The van der Waals surface area contributed by atoms with Crippen molar-refractivity contribution in [3.63, 3.8) is 0 Å². The van der Waals surface area contributed by atoms with Gasteiger partial charge in [-0.3, -0.25) is 19.2 Å². The summed E-state index contributed by atoms with van der Waals surface area (Å²) in [4.78, 5) is 57.1. The number of primary amides is 1. The van der Waals surface area contributed by atoms with Crippen LogP contribution in [0.5, 0.6) is 0 Å². The molecule has 1 saturated carbocycles. The maximum Gasteiger partial charge on any atom is 0.251 e. The van der Waals surface area contributed by atoms with Gasteiger partial charge in [-0.2, -0.15) is 0 Å². The summed E-state index contributed by atoms with van der Waals surface area (Å²) < 4.78 is 5.69. The Bertz CT molecular complexity index is 1760. The van der Waals surface area contributed by atoms with Crippen molar-refractivity contribution in [1.29, 1.82) is 0 Å². The van der Waals surface area contributed by atoms with Gasteiger partial charge in [0.15, 0.2) is 0 Å². The molecule has 2 amide bonds. The molecular formula is C36H42N4O5. The number of carbonyl (C=O) groups excluding carboxylic acids is 3. The van der Waals surface area contributed by atoms with Crippen molar-refractivity contribution >= 4 is 29.0 Å². The monoisotopic (exact) mass is 610 g/mol. The molecule has 4 N–H and O–H groups in total. The van der Waals surface area contributed by atoms with Crippen molar-refractivity contribution in [1.82, 2.24) is 4.98 Å². The van der Waals surface area contributed by atoms with E-state index in [2.05, 4.69) is 22.1 Å². The molecule has 3 aromatic rings. The van der Waals surface area contributed by atoms with Gasteiger partial charge < -0.3 is 25.7 Å². The molecule has 1 aromatic heterocycles. The first kappa shape index (κ1) is 30.8. The number of carbonyl (C=O) groups is 3. The Balaban J connectivity index is 1.58. The van der Waals surface area contributed by atoms with Crippen LogP contribution in [0.2, 0.25) is 0 Å².